The minimum absolute atomic E-state index is 0.0989. The number of pyridine rings is 1. The highest BCUT2D eigenvalue weighted by Crippen LogP contribution is 2.31. The van der Waals surface area contributed by atoms with Gasteiger partial charge in [-0.2, -0.15) is 17.0 Å². The number of halogens is 4. The monoisotopic (exact) mass is 681 g/mol. The summed E-state index contributed by atoms with van der Waals surface area (Å²) in [6.07, 6.45) is 3.03. The molecule has 1 fully saturated rings. The molecule has 4 aromatic rings. The molecule has 0 aliphatic carbocycles. The Balaban J connectivity index is 1.18. The number of hydrogen-bond acceptors (Lipinski definition) is 5. The van der Waals surface area contributed by atoms with Crippen LogP contribution in [0.4, 0.5) is 23.2 Å². The fraction of sp³-hybridized carbons (Fsp3) is 0.314. The highest BCUT2D eigenvalue weighted by Gasteiger charge is 2.38. The summed E-state index contributed by atoms with van der Waals surface area (Å²) in [6, 6.07) is 15.5. The van der Waals surface area contributed by atoms with Gasteiger partial charge in [0.05, 0.1) is 18.1 Å². The van der Waals surface area contributed by atoms with Crippen LogP contribution in [0.3, 0.4) is 0 Å². The molecule has 13 heteroatoms. The van der Waals surface area contributed by atoms with E-state index in [1.54, 1.807) is 0 Å². The molecule has 48 heavy (non-hydrogen) atoms. The molecule has 0 unspecified atom stereocenters. The lowest BCUT2D eigenvalue weighted by Crippen LogP contribution is -2.57. The highest BCUT2D eigenvalue weighted by atomic mass is 32.2. The maximum Gasteiger partial charge on any atom is 0.282 e. The minimum atomic E-state index is -3.82. The third-order valence-electron chi connectivity index (χ3n) is 8.97. The Morgan fingerprint density at radius 2 is 1.65 bits per heavy atom. The maximum absolute atomic E-state index is 15.2. The van der Waals surface area contributed by atoms with Gasteiger partial charge in [0, 0.05) is 62.7 Å². The Hall–Kier alpha value is -4.17. The summed E-state index contributed by atoms with van der Waals surface area (Å²) in [5.41, 5.74) is 3.00. The van der Waals surface area contributed by atoms with Crippen LogP contribution in [0.2, 0.25) is 0 Å². The molecule has 2 atom stereocenters. The first-order chi connectivity index (χ1) is 23.1. The SMILES string of the molecule is O=C(C[C@@H](c1ccc(F)cc1)c1cc(F)cc(F)c1)Nc1cncc(F)c1CC[C@H]1CNCCN1S(=O)(=O)N1CCc2ccccc2C1. The highest BCUT2D eigenvalue weighted by molar-refractivity contribution is 7.86. The van der Waals surface area contributed by atoms with Crippen molar-refractivity contribution in [3.05, 3.63) is 130 Å². The third kappa shape index (κ3) is 7.59. The molecule has 1 amide bonds. The predicted octanol–water partition coefficient (Wildman–Crippen LogP) is 5.31. The van der Waals surface area contributed by atoms with Crippen LogP contribution in [0.5, 0.6) is 0 Å². The van der Waals surface area contributed by atoms with Crippen LogP contribution < -0.4 is 10.6 Å². The molecule has 1 aromatic heterocycles. The molecule has 0 saturated carbocycles. The number of hydrogen-bond donors (Lipinski definition) is 2. The number of aromatic nitrogens is 1. The largest absolute Gasteiger partial charge is 0.324 e. The Morgan fingerprint density at radius 3 is 2.40 bits per heavy atom. The molecule has 2 aliphatic rings. The molecule has 0 bridgehead atoms. The Morgan fingerprint density at radius 1 is 0.917 bits per heavy atom. The number of nitrogens with one attached hydrogen (secondary N) is 2. The number of fused-ring (bicyclic) bond motifs is 1. The van der Waals surface area contributed by atoms with Gasteiger partial charge in [0.2, 0.25) is 5.91 Å². The number of piperazine rings is 1. The summed E-state index contributed by atoms with van der Waals surface area (Å²) in [6.45, 7) is 1.77. The average Bonchev–Trinajstić information content (AvgIpc) is 3.07. The van der Waals surface area contributed by atoms with Crippen molar-refractivity contribution in [2.75, 3.05) is 31.5 Å². The van der Waals surface area contributed by atoms with Gasteiger partial charge in [-0.25, -0.2) is 17.6 Å². The van der Waals surface area contributed by atoms with Gasteiger partial charge < -0.3 is 10.6 Å². The maximum atomic E-state index is 15.2. The Labute approximate surface area is 277 Å². The molecule has 252 valence electrons. The van der Waals surface area contributed by atoms with E-state index in [9.17, 15) is 26.4 Å². The second-order valence-corrected chi connectivity index (χ2v) is 14.0. The van der Waals surface area contributed by atoms with Crippen LogP contribution in [-0.4, -0.2) is 60.1 Å². The van der Waals surface area contributed by atoms with Gasteiger partial charge in [-0.05, 0) is 65.8 Å². The first-order valence-corrected chi connectivity index (χ1v) is 17.2. The van der Waals surface area contributed by atoms with Crippen LogP contribution in [0.1, 0.15) is 46.6 Å². The first kappa shape index (κ1) is 33.7. The molecule has 3 heterocycles. The van der Waals surface area contributed by atoms with Crippen molar-refractivity contribution in [2.45, 2.75) is 44.2 Å². The average molecular weight is 682 g/mol. The van der Waals surface area contributed by atoms with E-state index >= 15 is 4.39 Å². The van der Waals surface area contributed by atoms with Crippen LogP contribution in [-0.2, 0) is 34.4 Å². The van der Waals surface area contributed by atoms with Gasteiger partial charge in [0.15, 0.2) is 0 Å². The van der Waals surface area contributed by atoms with Crippen LogP contribution in [0.25, 0.3) is 0 Å². The number of carbonyl (C=O) groups excluding carboxylic acids is 1. The van der Waals surface area contributed by atoms with Crippen LogP contribution in [0.15, 0.2) is 79.1 Å². The van der Waals surface area contributed by atoms with Crippen molar-refractivity contribution in [3.8, 4) is 0 Å². The first-order valence-electron chi connectivity index (χ1n) is 15.8. The van der Waals surface area contributed by atoms with E-state index in [-0.39, 0.29) is 49.2 Å². The van der Waals surface area contributed by atoms with Crippen molar-refractivity contribution < 1.29 is 30.8 Å². The van der Waals surface area contributed by atoms with Gasteiger partial charge >= 0.3 is 0 Å². The van der Waals surface area contributed by atoms with Crippen molar-refractivity contribution in [3.63, 3.8) is 0 Å². The lowest BCUT2D eigenvalue weighted by molar-refractivity contribution is -0.116. The summed E-state index contributed by atoms with van der Waals surface area (Å²) in [4.78, 5) is 17.3. The summed E-state index contributed by atoms with van der Waals surface area (Å²) in [7, 11) is -3.82. The number of carbonyl (C=O) groups is 1. The second kappa shape index (κ2) is 14.5. The Bertz CT molecular complexity index is 1870. The van der Waals surface area contributed by atoms with Crippen molar-refractivity contribution in [2.24, 2.45) is 0 Å². The van der Waals surface area contributed by atoms with E-state index in [0.29, 0.717) is 31.6 Å². The summed E-state index contributed by atoms with van der Waals surface area (Å²) in [5, 5.41) is 5.93. The summed E-state index contributed by atoms with van der Waals surface area (Å²) in [5.74, 6) is -4.25. The Kier molecular flexibility index (Phi) is 10.2. The van der Waals surface area contributed by atoms with Gasteiger partial charge in [0.25, 0.3) is 10.2 Å². The predicted molar refractivity (Wildman–Crippen MR) is 173 cm³/mol. The third-order valence-corrected chi connectivity index (χ3v) is 11.0. The number of nitrogens with zero attached hydrogens (tertiary/aromatic N) is 3. The molecular weight excluding hydrogens is 646 g/mol. The minimum Gasteiger partial charge on any atom is -0.324 e. The van der Waals surface area contributed by atoms with Crippen molar-refractivity contribution in [1.82, 2.24) is 18.9 Å². The smallest absolute Gasteiger partial charge is 0.282 e. The quantitative estimate of drug-likeness (QED) is 0.222. The zero-order valence-corrected chi connectivity index (χ0v) is 26.8. The molecule has 2 aliphatic heterocycles. The normalized spacial score (nSPS) is 17.9. The molecule has 6 rings (SSSR count). The zero-order valence-electron chi connectivity index (χ0n) is 26.0. The number of amides is 1. The number of rotatable bonds is 10. The fourth-order valence-corrected chi connectivity index (χ4v) is 8.33. The fourth-order valence-electron chi connectivity index (χ4n) is 6.53. The van der Waals surface area contributed by atoms with Gasteiger partial charge in [-0.1, -0.05) is 36.4 Å². The molecule has 1 saturated heterocycles. The van der Waals surface area contributed by atoms with Gasteiger partial charge in [-0.15, -0.1) is 0 Å². The van der Waals surface area contributed by atoms with E-state index in [0.717, 1.165) is 35.5 Å². The van der Waals surface area contributed by atoms with E-state index in [1.165, 1.54) is 39.1 Å². The van der Waals surface area contributed by atoms with Crippen molar-refractivity contribution in [1.29, 1.82) is 0 Å². The zero-order chi connectivity index (χ0) is 33.8. The van der Waals surface area contributed by atoms with Crippen LogP contribution in [0, 0.1) is 23.3 Å². The van der Waals surface area contributed by atoms with Crippen LogP contribution >= 0.6 is 0 Å². The standard InChI is InChI=1S/C35H35F4N5O3S/c36-27-7-5-24(6-8-27)32(26-15-28(37)17-29(38)16-26)18-35(45)42-34-21-41-20-33(39)31(34)10-9-30-19-40-12-14-44(30)48(46,47)43-13-11-23-3-1-2-4-25(23)22-43/h1-8,15-17,20-21,30,32,40H,9-14,18-19,22H2,(H,42,45)/t30-,32-/m0/s1. The van der Waals surface area contributed by atoms with E-state index < -0.39 is 51.3 Å². The molecule has 2 N–H and O–H groups in total. The van der Waals surface area contributed by atoms with Crippen molar-refractivity contribution >= 4 is 21.8 Å². The van der Waals surface area contributed by atoms with Gasteiger partial charge in [0.1, 0.15) is 23.3 Å². The second-order valence-electron chi connectivity index (χ2n) is 12.1. The van der Waals surface area contributed by atoms with Gasteiger partial charge in [-0.3, -0.25) is 9.78 Å². The topological polar surface area (TPSA) is 94.6 Å². The summed E-state index contributed by atoms with van der Waals surface area (Å²) < 4.78 is 87.9. The van der Waals surface area contributed by atoms with E-state index in [2.05, 4.69) is 15.6 Å². The molecule has 8 nitrogen and oxygen atoms in total. The lowest BCUT2D eigenvalue weighted by Gasteiger charge is -2.39. The molecule has 0 radical (unpaired) electrons. The summed E-state index contributed by atoms with van der Waals surface area (Å²) >= 11 is 0. The molecule has 0 spiro atoms. The lowest BCUT2D eigenvalue weighted by atomic mass is 9.88. The van der Waals surface area contributed by atoms with E-state index in [4.69, 9.17) is 0 Å². The molecule has 3 aromatic carbocycles. The number of anilines is 1. The number of benzene rings is 3. The molecular formula is C35H35F4N5O3S. The van der Waals surface area contributed by atoms with E-state index in [1.807, 2.05) is 24.3 Å².